The van der Waals surface area contributed by atoms with Crippen LogP contribution in [0.5, 0.6) is 0 Å². The Kier molecular flexibility index (Phi) is 4.86. The quantitative estimate of drug-likeness (QED) is 0.597. The van der Waals surface area contributed by atoms with Crippen molar-refractivity contribution >= 4 is 20.3 Å². The molecule has 1 fully saturated rings. The van der Waals surface area contributed by atoms with Gasteiger partial charge < -0.3 is 9.34 Å². The normalized spacial score (nSPS) is 20.5. The molecule has 0 aromatic heterocycles. The van der Waals surface area contributed by atoms with Crippen LogP contribution in [0.4, 0.5) is 11.4 Å². The van der Waals surface area contributed by atoms with Gasteiger partial charge in [0.2, 0.25) is 0 Å². The first-order chi connectivity index (χ1) is 11.7. The van der Waals surface area contributed by atoms with Gasteiger partial charge in [-0.05, 0) is 77.6 Å². The van der Waals surface area contributed by atoms with E-state index < -0.39 is 0 Å². The molecule has 25 heavy (non-hydrogen) atoms. The molecular weight excluding hydrogens is 323 g/mol. The SMILES string of the molecule is Cc1cc(C)c(N2PN(c3c(C)cc(C)cc3C)[C@H](C)[C@H]2C)c(C)c1. The number of nitrogens with zero attached hydrogens (tertiary/aromatic N) is 2. The van der Waals surface area contributed by atoms with Crippen LogP contribution in [0.15, 0.2) is 24.3 Å². The molecule has 2 aromatic rings. The first-order valence-corrected chi connectivity index (χ1v) is 10.1. The first-order valence-electron chi connectivity index (χ1n) is 9.21. The van der Waals surface area contributed by atoms with E-state index in [0.29, 0.717) is 21.0 Å². The van der Waals surface area contributed by atoms with Crippen molar-refractivity contribution in [2.24, 2.45) is 0 Å². The van der Waals surface area contributed by atoms with Gasteiger partial charge in [0.25, 0.3) is 0 Å². The molecule has 3 heteroatoms. The van der Waals surface area contributed by atoms with E-state index in [9.17, 15) is 0 Å². The van der Waals surface area contributed by atoms with E-state index >= 15 is 0 Å². The molecule has 1 aliphatic heterocycles. The number of anilines is 2. The van der Waals surface area contributed by atoms with E-state index in [1.807, 2.05) is 0 Å². The minimum atomic E-state index is 0.499. The highest BCUT2D eigenvalue weighted by Crippen LogP contribution is 2.49. The van der Waals surface area contributed by atoms with Crippen LogP contribution in [0.3, 0.4) is 0 Å². The Morgan fingerprint density at radius 1 is 0.600 bits per heavy atom. The van der Waals surface area contributed by atoms with Crippen LogP contribution in [0.2, 0.25) is 0 Å². The summed E-state index contributed by atoms with van der Waals surface area (Å²) < 4.78 is 5.24. The molecule has 0 N–H and O–H groups in total. The standard InChI is InChI=1S/C22H31N2P/c1-13-9-15(3)21(16(4)10-13)23-19(7)20(8)24(25-23)22-17(5)11-14(2)12-18(22)6/h9-12,19-20,25H,1-8H3/t19-,20-/m1/s1. The largest absolute Gasteiger partial charge is 0.331 e. The Hall–Kier alpha value is -1.53. The van der Waals surface area contributed by atoms with Gasteiger partial charge >= 0.3 is 0 Å². The molecule has 1 saturated heterocycles. The molecule has 2 nitrogen and oxygen atoms in total. The molecule has 3 rings (SSSR count). The lowest BCUT2D eigenvalue weighted by atomic mass is 10.0. The van der Waals surface area contributed by atoms with Gasteiger partial charge in [0.05, 0.1) is 21.0 Å². The predicted octanol–water partition coefficient (Wildman–Crippen LogP) is 6.15. The van der Waals surface area contributed by atoms with Crippen molar-refractivity contribution in [3.8, 4) is 0 Å². The molecule has 0 unspecified atom stereocenters. The van der Waals surface area contributed by atoms with E-state index in [0.717, 1.165) is 0 Å². The van der Waals surface area contributed by atoms with Gasteiger partial charge in [0.15, 0.2) is 0 Å². The van der Waals surface area contributed by atoms with Crippen LogP contribution < -0.4 is 9.34 Å². The summed E-state index contributed by atoms with van der Waals surface area (Å²) in [6.07, 6.45) is 0. The van der Waals surface area contributed by atoms with Crippen LogP contribution in [-0.4, -0.2) is 12.1 Å². The molecule has 2 atom stereocenters. The number of aryl methyl sites for hydroxylation is 6. The highest BCUT2D eigenvalue weighted by atomic mass is 31.1. The molecule has 134 valence electrons. The third-order valence-corrected chi connectivity index (χ3v) is 7.17. The molecule has 1 aliphatic rings. The summed E-state index contributed by atoms with van der Waals surface area (Å²) in [4.78, 5) is 0. The summed E-state index contributed by atoms with van der Waals surface area (Å²) in [5.41, 5.74) is 11.1. The Labute approximate surface area is 155 Å². The fraction of sp³-hybridized carbons (Fsp3) is 0.455. The molecule has 0 amide bonds. The van der Waals surface area contributed by atoms with Crippen molar-refractivity contribution in [1.29, 1.82) is 0 Å². The lowest BCUT2D eigenvalue weighted by molar-refractivity contribution is 0.643. The summed E-state index contributed by atoms with van der Waals surface area (Å²) in [5.74, 6) is 0. The second-order valence-corrected chi connectivity index (χ2v) is 8.98. The lowest BCUT2D eigenvalue weighted by Crippen LogP contribution is -2.33. The number of hydrogen-bond donors (Lipinski definition) is 0. The Morgan fingerprint density at radius 2 is 0.880 bits per heavy atom. The highest BCUT2D eigenvalue weighted by molar-refractivity contribution is 7.42. The second-order valence-electron chi connectivity index (χ2n) is 7.82. The Morgan fingerprint density at radius 3 is 1.16 bits per heavy atom. The fourth-order valence-corrected chi connectivity index (χ4v) is 6.28. The van der Waals surface area contributed by atoms with Gasteiger partial charge in [-0.3, -0.25) is 0 Å². The van der Waals surface area contributed by atoms with Gasteiger partial charge in [0.1, 0.15) is 0 Å². The van der Waals surface area contributed by atoms with Crippen LogP contribution >= 0.6 is 8.88 Å². The maximum Gasteiger partial charge on any atom is 0.0805 e. The summed E-state index contributed by atoms with van der Waals surface area (Å²) >= 11 is 0. The summed E-state index contributed by atoms with van der Waals surface area (Å²) in [6.45, 7) is 18.1. The molecule has 0 saturated carbocycles. The zero-order chi connectivity index (χ0) is 18.5. The Balaban J connectivity index is 2.03. The van der Waals surface area contributed by atoms with Crippen molar-refractivity contribution in [3.05, 3.63) is 57.6 Å². The average Bonchev–Trinajstić information content (AvgIpc) is 2.74. The second kappa shape index (κ2) is 6.65. The van der Waals surface area contributed by atoms with Gasteiger partial charge in [0, 0.05) is 11.4 Å². The molecule has 1 heterocycles. The van der Waals surface area contributed by atoms with Gasteiger partial charge in [-0.25, -0.2) is 0 Å². The van der Waals surface area contributed by atoms with Gasteiger partial charge in [-0.2, -0.15) is 0 Å². The summed E-state index contributed by atoms with van der Waals surface area (Å²) in [6, 6.07) is 10.3. The highest BCUT2D eigenvalue weighted by Gasteiger charge is 2.37. The molecule has 0 radical (unpaired) electrons. The van der Waals surface area contributed by atoms with Gasteiger partial charge in [-0.15, -0.1) is 0 Å². The van der Waals surface area contributed by atoms with E-state index in [1.54, 1.807) is 0 Å². The Bertz CT molecular complexity index is 698. The van der Waals surface area contributed by atoms with E-state index in [-0.39, 0.29) is 0 Å². The van der Waals surface area contributed by atoms with Crippen LogP contribution in [0.25, 0.3) is 0 Å². The number of benzene rings is 2. The molecular formula is C22H31N2P. The van der Waals surface area contributed by atoms with Crippen LogP contribution in [0.1, 0.15) is 47.2 Å². The fourth-order valence-electron chi connectivity index (χ4n) is 4.34. The molecule has 0 spiro atoms. The molecule has 2 aromatic carbocycles. The molecule has 0 aliphatic carbocycles. The molecule has 0 bridgehead atoms. The van der Waals surface area contributed by atoms with Crippen molar-refractivity contribution in [1.82, 2.24) is 0 Å². The van der Waals surface area contributed by atoms with Crippen molar-refractivity contribution in [2.75, 3.05) is 9.34 Å². The minimum Gasteiger partial charge on any atom is -0.331 e. The zero-order valence-electron chi connectivity index (χ0n) is 16.9. The predicted molar refractivity (Wildman–Crippen MR) is 114 cm³/mol. The first kappa shape index (κ1) is 18.3. The topological polar surface area (TPSA) is 6.48 Å². The van der Waals surface area contributed by atoms with Crippen molar-refractivity contribution in [2.45, 2.75) is 67.5 Å². The zero-order valence-corrected chi connectivity index (χ0v) is 17.9. The maximum atomic E-state index is 2.62. The third kappa shape index (κ3) is 3.17. The smallest absolute Gasteiger partial charge is 0.0805 e. The van der Waals surface area contributed by atoms with Crippen molar-refractivity contribution in [3.63, 3.8) is 0 Å². The van der Waals surface area contributed by atoms with Gasteiger partial charge in [-0.1, -0.05) is 35.4 Å². The van der Waals surface area contributed by atoms with Crippen molar-refractivity contribution < 1.29 is 0 Å². The van der Waals surface area contributed by atoms with Crippen LogP contribution in [-0.2, 0) is 0 Å². The number of hydrogen-bond acceptors (Lipinski definition) is 2. The van der Waals surface area contributed by atoms with E-state index in [1.165, 1.54) is 44.8 Å². The summed E-state index contributed by atoms with van der Waals surface area (Å²) in [5, 5.41) is 0. The third-order valence-electron chi connectivity index (χ3n) is 5.48. The maximum absolute atomic E-state index is 2.62. The average molecular weight is 354 g/mol. The lowest BCUT2D eigenvalue weighted by Gasteiger charge is -2.27. The number of rotatable bonds is 2. The monoisotopic (exact) mass is 354 g/mol. The minimum absolute atomic E-state index is 0.499. The van der Waals surface area contributed by atoms with E-state index in [2.05, 4.69) is 89.0 Å². The summed E-state index contributed by atoms with van der Waals surface area (Å²) in [7, 11) is 0.652. The van der Waals surface area contributed by atoms with E-state index in [4.69, 9.17) is 0 Å². The van der Waals surface area contributed by atoms with Crippen LogP contribution in [0, 0.1) is 41.5 Å².